The van der Waals surface area contributed by atoms with Gasteiger partial charge in [0.05, 0.1) is 16.9 Å². The highest BCUT2D eigenvalue weighted by molar-refractivity contribution is 6.31. The summed E-state index contributed by atoms with van der Waals surface area (Å²) in [5, 5.41) is 14.5. The summed E-state index contributed by atoms with van der Waals surface area (Å²) < 4.78 is 20.5. The Labute approximate surface area is 188 Å². The van der Waals surface area contributed by atoms with Crippen molar-refractivity contribution in [2.75, 3.05) is 18.1 Å². The highest BCUT2D eigenvalue weighted by Gasteiger charge is 2.44. The lowest BCUT2D eigenvalue weighted by Gasteiger charge is -2.19. The Bertz CT molecular complexity index is 1320. The Morgan fingerprint density at radius 3 is 2.66 bits per heavy atom. The molecule has 8 heteroatoms. The van der Waals surface area contributed by atoms with Crippen LogP contribution in [0.2, 0.25) is 5.02 Å². The smallest absolute Gasteiger partial charge is 0.233 e. The van der Waals surface area contributed by atoms with Gasteiger partial charge in [0, 0.05) is 41.3 Å². The van der Waals surface area contributed by atoms with Gasteiger partial charge in [0.15, 0.2) is 17.2 Å². The van der Waals surface area contributed by atoms with Crippen LogP contribution in [0.4, 0.5) is 15.8 Å². The van der Waals surface area contributed by atoms with Crippen molar-refractivity contribution in [3.05, 3.63) is 82.8 Å². The standard InChI is InChI=1S/C24H20ClFN4O2/c1-28-16-4-2-13(3-5-16)19-12-30-23(32-19)24(31)9-8-14-10-15(11-29-22(14)24)20-18(27)7-6-17(25)21(20)26/h2-7,10-12,28,31H,8-9,27H2,1H3. The topological polar surface area (TPSA) is 97.2 Å². The largest absolute Gasteiger partial charge is 0.437 e. The van der Waals surface area contributed by atoms with Crippen molar-refractivity contribution in [1.29, 1.82) is 0 Å². The van der Waals surface area contributed by atoms with E-state index in [-0.39, 0.29) is 22.2 Å². The number of aliphatic hydroxyl groups is 1. The third-order valence-corrected chi connectivity index (χ3v) is 6.14. The van der Waals surface area contributed by atoms with E-state index in [0.29, 0.717) is 29.9 Å². The highest BCUT2D eigenvalue weighted by atomic mass is 35.5. The number of pyridine rings is 1. The van der Waals surface area contributed by atoms with Crippen LogP contribution < -0.4 is 11.1 Å². The van der Waals surface area contributed by atoms with E-state index in [1.807, 2.05) is 31.3 Å². The van der Waals surface area contributed by atoms with Gasteiger partial charge in [-0.25, -0.2) is 9.37 Å². The summed E-state index contributed by atoms with van der Waals surface area (Å²) in [7, 11) is 1.85. The number of nitrogens with one attached hydrogen (secondary N) is 1. The summed E-state index contributed by atoms with van der Waals surface area (Å²) in [6.07, 6.45) is 3.96. The predicted octanol–water partition coefficient (Wildman–Crippen LogP) is 5.00. The number of fused-ring (bicyclic) bond motifs is 1. The molecule has 0 spiro atoms. The molecule has 4 aromatic rings. The molecule has 0 bridgehead atoms. The van der Waals surface area contributed by atoms with Crippen LogP contribution in [0, 0.1) is 5.82 Å². The number of anilines is 2. The van der Waals surface area contributed by atoms with Crippen molar-refractivity contribution in [3.8, 4) is 22.5 Å². The van der Waals surface area contributed by atoms with Crippen LogP contribution in [0.15, 0.2) is 59.3 Å². The lowest BCUT2D eigenvalue weighted by molar-refractivity contribution is 0.0498. The molecule has 4 N–H and O–H groups in total. The first-order valence-corrected chi connectivity index (χ1v) is 10.5. The van der Waals surface area contributed by atoms with Crippen molar-refractivity contribution in [2.45, 2.75) is 18.4 Å². The first-order chi connectivity index (χ1) is 15.4. The number of aryl methyl sites for hydroxylation is 1. The maximum absolute atomic E-state index is 14.6. The van der Waals surface area contributed by atoms with Crippen LogP contribution in [0.25, 0.3) is 22.5 Å². The lowest BCUT2D eigenvalue weighted by Crippen LogP contribution is -2.25. The van der Waals surface area contributed by atoms with Gasteiger partial charge in [-0.3, -0.25) is 4.98 Å². The average Bonchev–Trinajstić information content (AvgIpc) is 3.43. The highest BCUT2D eigenvalue weighted by Crippen LogP contribution is 2.43. The molecule has 5 rings (SSSR count). The molecule has 32 heavy (non-hydrogen) atoms. The number of halogens is 2. The molecule has 6 nitrogen and oxygen atoms in total. The Morgan fingerprint density at radius 2 is 1.91 bits per heavy atom. The molecule has 0 saturated carbocycles. The van der Waals surface area contributed by atoms with E-state index in [1.54, 1.807) is 18.3 Å². The van der Waals surface area contributed by atoms with Crippen molar-refractivity contribution in [3.63, 3.8) is 0 Å². The fourth-order valence-electron chi connectivity index (χ4n) is 4.11. The van der Waals surface area contributed by atoms with Crippen molar-refractivity contribution >= 4 is 23.0 Å². The second kappa shape index (κ2) is 7.62. The number of benzene rings is 2. The van der Waals surface area contributed by atoms with Crippen molar-refractivity contribution in [1.82, 2.24) is 9.97 Å². The summed E-state index contributed by atoms with van der Waals surface area (Å²) in [5.74, 6) is 0.135. The van der Waals surface area contributed by atoms with Crippen molar-refractivity contribution in [2.24, 2.45) is 0 Å². The SMILES string of the molecule is CNc1ccc(-c2cnc(C3(O)CCc4cc(-c5c(N)ccc(Cl)c5F)cnc43)o2)cc1. The first kappa shape index (κ1) is 20.5. The molecule has 0 fully saturated rings. The van der Waals surface area contributed by atoms with Gasteiger partial charge in [0.2, 0.25) is 5.89 Å². The van der Waals surface area contributed by atoms with Gasteiger partial charge in [-0.15, -0.1) is 0 Å². The zero-order valence-corrected chi connectivity index (χ0v) is 17.9. The number of hydrogen-bond acceptors (Lipinski definition) is 6. The molecule has 2 aromatic heterocycles. The summed E-state index contributed by atoms with van der Waals surface area (Å²) in [4.78, 5) is 8.80. The van der Waals surface area contributed by atoms with Crippen LogP contribution >= 0.6 is 11.6 Å². The second-order valence-corrected chi connectivity index (χ2v) is 8.18. The molecule has 0 aliphatic heterocycles. The molecule has 0 amide bonds. The van der Waals surface area contributed by atoms with E-state index in [4.69, 9.17) is 21.8 Å². The molecule has 0 saturated heterocycles. The number of oxazole rings is 1. The number of nitrogen functional groups attached to an aromatic ring is 1. The molecule has 1 atom stereocenters. The van der Waals surface area contributed by atoms with Gasteiger partial charge in [-0.2, -0.15) is 0 Å². The third kappa shape index (κ3) is 3.21. The zero-order valence-electron chi connectivity index (χ0n) is 17.2. The Balaban J connectivity index is 1.50. The third-order valence-electron chi connectivity index (χ3n) is 5.85. The van der Waals surface area contributed by atoms with Gasteiger partial charge < -0.3 is 20.6 Å². The molecule has 1 aliphatic rings. The van der Waals surface area contributed by atoms with Crippen LogP contribution in [0.1, 0.15) is 23.6 Å². The fourth-order valence-corrected chi connectivity index (χ4v) is 4.27. The molecule has 162 valence electrons. The zero-order chi connectivity index (χ0) is 22.5. The minimum absolute atomic E-state index is 0.0127. The van der Waals surface area contributed by atoms with Gasteiger partial charge in [-0.05, 0) is 60.9 Å². The summed E-state index contributed by atoms with van der Waals surface area (Å²) in [6.45, 7) is 0. The van der Waals surface area contributed by atoms with E-state index >= 15 is 0 Å². The minimum Gasteiger partial charge on any atom is -0.437 e. The van der Waals surface area contributed by atoms with E-state index in [1.165, 1.54) is 12.3 Å². The molecule has 1 unspecified atom stereocenters. The van der Waals surface area contributed by atoms with E-state index in [0.717, 1.165) is 16.8 Å². The van der Waals surface area contributed by atoms with Crippen LogP contribution in [0.5, 0.6) is 0 Å². The Kier molecular flexibility index (Phi) is 4.87. The monoisotopic (exact) mass is 450 g/mol. The Hall–Kier alpha value is -3.42. The summed E-state index contributed by atoms with van der Waals surface area (Å²) in [6, 6.07) is 12.4. The van der Waals surface area contributed by atoms with E-state index < -0.39 is 11.4 Å². The normalized spacial score (nSPS) is 17.4. The lowest BCUT2D eigenvalue weighted by atomic mass is 9.99. The number of rotatable bonds is 4. The maximum Gasteiger partial charge on any atom is 0.233 e. The molecule has 1 aliphatic carbocycles. The molecule has 2 aromatic carbocycles. The average molecular weight is 451 g/mol. The number of nitrogens with zero attached hydrogens (tertiary/aromatic N) is 2. The fraction of sp³-hybridized carbons (Fsp3) is 0.167. The van der Waals surface area contributed by atoms with Gasteiger partial charge in [-0.1, -0.05) is 11.6 Å². The van der Waals surface area contributed by atoms with Crippen LogP contribution in [0.3, 0.4) is 0 Å². The quantitative estimate of drug-likeness (QED) is 0.378. The molecular weight excluding hydrogens is 431 g/mol. The first-order valence-electron chi connectivity index (χ1n) is 10.1. The number of nitrogens with two attached hydrogens (primary N) is 1. The number of aromatic nitrogens is 2. The second-order valence-electron chi connectivity index (χ2n) is 7.77. The predicted molar refractivity (Wildman–Crippen MR) is 122 cm³/mol. The summed E-state index contributed by atoms with van der Waals surface area (Å²) >= 11 is 5.93. The minimum atomic E-state index is -1.46. The summed E-state index contributed by atoms with van der Waals surface area (Å²) in [5.41, 5.74) is 8.54. The molecular formula is C24H20ClFN4O2. The van der Waals surface area contributed by atoms with Gasteiger partial charge >= 0.3 is 0 Å². The van der Waals surface area contributed by atoms with E-state index in [9.17, 15) is 9.50 Å². The number of hydrogen-bond donors (Lipinski definition) is 3. The van der Waals surface area contributed by atoms with Gasteiger partial charge in [0.1, 0.15) is 0 Å². The molecule has 2 heterocycles. The molecule has 0 radical (unpaired) electrons. The van der Waals surface area contributed by atoms with Crippen LogP contribution in [-0.4, -0.2) is 22.1 Å². The van der Waals surface area contributed by atoms with Gasteiger partial charge in [0.25, 0.3) is 0 Å². The van der Waals surface area contributed by atoms with E-state index in [2.05, 4.69) is 15.3 Å². The van der Waals surface area contributed by atoms with Crippen LogP contribution in [-0.2, 0) is 12.0 Å². The van der Waals surface area contributed by atoms with Crippen molar-refractivity contribution < 1.29 is 13.9 Å². The Morgan fingerprint density at radius 1 is 1.12 bits per heavy atom. The maximum atomic E-state index is 14.6.